The van der Waals surface area contributed by atoms with Gasteiger partial charge in [-0.1, -0.05) is 74.6 Å². The molecule has 0 spiro atoms. The van der Waals surface area contributed by atoms with Gasteiger partial charge in [0, 0.05) is 51.4 Å². The molecule has 1 saturated heterocycles. The van der Waals surface area contributed by atoms with Crippen molar-refractivity contribution in [2.24, 2.45) is 5.92 Å². The van der Waals surface area contributed by atoms with E-state index in [1.807, 2.05) is 17.0 Å². The average molecular weight is 739 g/mol. The first-order chi connectivity index (χ1) is 25.6. The molecule has 1 aliphatic carbocycles. The largest absolute Gasteiger partial charge is 0.383 e. The lowest BCUT2D eigenvalue weighted by atomic mass is 9.83. The van der Waals surface area contributed by atoms with Crippen LogP contribution in [0.25, 0.3) is 0 Å². The van der Waals surface area contributed by atoms with Crippen molar-refractivity contribution in [3.63, 3.8) is 0 Å². The van der Waals surface area contributed by atoms with Crippen LogP contribution >= 0.6 is 0 Å². The van der Waals surface area contributed by atoms with Gasteiger partial charge in [0.1, 0.15) is 12.1 Å². The lowest BCUT2D eigenvalue weighted by molar-refractivity contribution is -0.160. The van der Waals surface area contributed by atoms with Crippen LogP contribution in [-0.4, -0.2) is 103 Å². The lowest BCUT2D eigenvalue weighted by Gasteiger charge is -2.30. The number of amides is 4. The molecule has 2 fully saturated rings. The molecule has 4 rings (SSSR count). The van der Waals surface area contributed by atoms with Crippen LogP contribution in [-0.2, 0) is 41.6 Å². The number of aryl methyl sites for hydroxylation is 1. The van der Waals surface area contributed by atoms with Gasteiger partial charge in [-0.25, -0.2) is 0 Å². The van der Waals surface area contributed by atoms with Crippen LogP contribution in [0.4, 0.5) is 8.78 Å². The van der Waals surface area contributed by atoms with Crippen molar-refractivity contribution in [2.75, 3.05) is 39.4 Å². The van der Waals surface area contributed by atoms with Crippen LogP contribution < -0.4 is 21.3 Å². The molecule has 1 aliphatic heterocycles. The highest BCUT2D eigenvalue weighted by atomic mass is 19.3. The van der Waals surface area contributed by atoms with Crippen molar-refractivity contribution in [2.45, 2.75) is 88.3 Å². The molecule has 12 nitrogen and oxygen atoms in total. The van der Waals surface area contributed by atoms with Gasteiger partial charge in [0.05, 0.1) is 19.3 Å². The molecule has 14 heteroatoms. The molecule has 3 atom stereocenters. The summed E-state index contributed by atoms with van der Waals surface area (Å²) in [5.74, 6) is -9.89. The number of hydrogen-bond acceptors (Lipinski definition) is 8. The number of rotatable bonds is 20. The highest BCUT2D eigenvalue weighted by Crippen LogP contribution is 2.29. The SMILES string of the molecule is C=CC[C@H](NC(=O)C(Cc1ccccc1)NC(=O)CCc1cccnc1)C(=O)N[C@@H](CC1CCCCC1)C(=O)C(F)(F)C(=O)NCCN1CCOCC1. The summed E-state index contributed by atoms with van der Waals surface area (Å²) in [6, 6.07) is 8.56. The Labute approximate surface area is 309 Å². The highest BCUT2D eigenvalue weighted by molar-refractivity contribution is 6.10. The van der Waals surface area contributed by atoms with Crippen molar-refractivity contribution in [1.82, 2.24) is 31.2 Å². The van der Waals surface area contributed by atoms with Gasteiger partial charge in [-0.2, -0.15) is 8.78 Å². The van der Waals surface area contributed by atoms with Crippen LogP contribution in [0.5, 0.6) is 0 Å². The molecule has 4 amide bonds. The number of ketones is 1. The lowest BCUT2D eigenvalue weighted by Crippen LogP contribution is -2.59. The molecule has 2 aromatic rings. The zero-order valence-corrected chi connectivity index (χ0v) is 30.2. The number of pyridine rings is 1. The number of benzene rings is 1. The molecule has 1 saturated carbocycles. The standard InChI is InChI=1S/C39H52F2N6O6/c1-2-10-31(45-37(51)33(26-29-13-7-4-8-14-29)44-34(48)17-16-30-15-9-18-42-27-30)36(50)46-32(25-28-11-5-3-6-12-28)35(49)39(40,41)38(52)43-19-20-47-21-23-53-24-22-47/h2,4,7-9,13-15,18,27-28,31-33H,1,3,5-6,10-12,16-17,19-26H2,(H,43,52)(H,44,48)(H,45,51)(H,46,50)/t31-,32-,33?/m0/s1. The van der Waals surface area contributed by atoms with E-state index in [0.717, 1.165) is 30.4 Å². The monoisotopic (exact) mass is 738 g/mol. The van der Waals surface area contributed by atoms with E-state index in [9.17, 15) is 24.0 Å². The van der Waals surface area contributed by atoms with Gasteiger partial charge in [-0.3, -0.25) is 33.9 Å². The van der Waals surface area contributed by atoms with Gasteiger partial charge < -0.3 is 26.0 Å². The van der Waals surface area contributed by atoms with Crippen LogP contribution in [0.1, 0.15) is 62.5 Å². The summed E-state index contributed by atoms with van der Waals surface area (Å²) >= 11 is 0. The molecule has 2 heterocycles. The first-order valence-electron chi connectivity index (χ1n) is 18.5. The van der Waals surface area contributed by atoms with Crippen molar-refractivity contribution in [3.05, 3.63) is 78.6 Å². The number of nitrogens with zero attached hydrogens (tertiary/aromatic N) is 2. The second kappa shape index (κ2) is 21.2. The number of alkyl halides is 2. The quantitative estimate of drug-likeness (QED) is 0.119. The minimum absolute atomic E-state index is 0.0698. The van der Waals surface area contributed by atoms with E-state index in [0.29, 0.717) is 52.1 Å². The van der Waals surface area contributed by atoms with Gasteiger partial charge in [-0.05, 0) is 42.4 Å². The summed E-state index contributed by atoms with van der Waals surface area (Å²) in [5.41, 5.74) is 1.61. The van der Waals surface area contributed by atoms with Crippen LogP contribution in [0.15, 0.2) is 67.5 Å². The molecular weight excluding hydrogens is 686 g/mol. The molecule has 2 aliphatic rings. The Morgan fingerprint density at radius 2 is 1.58 bits per heavy atom. The third kappa shape index (κ3) is 13.4. The fraction of sp³-hybridized carbons (Fsp3) is 0.538. The third-order valence-corrected chi connectivity index (χ3v) is 9.67. The maximum atomic E-state index is 15.5. The Morgan fingerprint density at radius 1 is 0.906 bits per heavy atom. The molecule has 288 valence electrons. The Balaban J connectivity index is 1.45. The summed E-state index contributed by atoms with van der Waals surface area (Å²) in [6.07, 6.45) is 9.22. The third-order valence-electron chi connectivity index (χ3n) is 9.67. The first-order valence-corrected chi connectivity index (χ1v) is 18.5. The first kappa shape index (κ1) is 41.2. The fourth-order valence-corrected chi connectivity index (χ4v) is 6.65. The molecule has 53 heavy (non-hydrogen) atoms. The molecule has 1 aromatic heterocycles. The average Bonchev–Trinajstić information content (AvgIpc) is 3.17. The predicted octanol–water partition coefficient (Wildman–Crippen LogP) is 2.91. The van der Waals surface area contributed by atoms with Gasteiger partial charge >= 0.3 is 5.92 Å². The summed E-state index contributed by atoms with van der Waals surface area (Å²) < 4.78 is 36.3. The number of halogens is 2. The number of carbonyl (C=O) groups is 5. The van der Waals surface area contributed by atoms with E-state index < -0.39 is 53.5 Å². The van der Waals surface area contributed by atoms with E-state index in [1.165, 1.54) is 6.08 Å². The minimum atomic E-state index is -4.41. The number of aromatic nitrogens is 1. The highest BCUT2D eigenvalue weighted by Gasteiger charge is 2.51. The topological polar surface area (TPSA) is 159 Å². The Kier molecular flexibility index (Phi) is 16.5. The molecule has 4 N–H and O–H groups in total. The summed E-state index contributed by atoms with van der Waals surface area (Å²) in [4.78, 5) is 72.7. The molecule has 1 unspecified atom stereocenters. The predicted molar refractivity (Wildman–Crippen MR) is 195 cm³/mol. The normalized spacial score (nSPS) is 17.1. The number of morpholine rings is 1. The number of Topliss-reactive ketones (excluding diaryl/α,β-unsaturated/α-hetero) is 1. The molecular formula is C39H52F2N6O6. The van der Waals surface area contributed by atoms with Crippen molar-refractivity contribution in [1.29, 1.82) is 0 Å². The smallest absolute Gasteiger partial charge is 0.379 e. The number of carbonyl (C=O) groups excluding carboxylic acids is 5. The van der Waals surface area contributed by atoms with Gasteiger partial charge in [-0.15, -0.1) is 6.58 Å². The van der Waals surface area contributed by atoms with E-state index in [2.05, 4.69) is 32.8 Å². The molecule has 0 radical (unpaired) electrons. The fourth-order valence-electron chi connectivity index (χ4n) is 6.65. The summed E-state index contributed by atoms with van der Waals surface area (Å²) in [5, 5.41) is 10.1. The maximum absolute atomic E-state index is 15.5. The summed E-state index contributed by atoms with van der Waals surface area (Å²) in [7, 11) is 0. The number of nitrogens with one attached hydrogen (secondary N) is 4. The Bertz CT molecular complexity index is 1500. The summed E-state index contributed by atoms with van der Waals surface area (Å²) in [6.45, 7) is 6.14. The van der Waals surface area contributed by atoms with Crippen LogP contribution in [0.3, 0.4) is 0 Å². The van der Waals surface area contributed by atoms with E-state index in [4.69, 9.17) is 4.74 Å². The second-order valence-corrected chi connectivity index (χ2v) is 13.7. The van der Waals surface area contributed by atoms with Gasteiger partial charge in [0.15, 0.2) is 0 Å². The zero-order chi connectivity index (χ0) is 38.1. The van der Waals surface area contributed by atoms with Crippen molar-refractivity contribution in [3.8, 4) is 0 Å². The van der Waals surface area contributed by atoms with Crippen molar-refractivity contribution >= 4 is 29.4 Å². The van der Waals surface area contributed by atoms with Crippen molar-refractivity contribution < 1.29 is 37.5 Å². The molecule has 1 aromatic carbocycles. The molecule has 0 bridgehead atoms. The van der Waals surface area contributed by atoms with Crippen LogP contribution in [0, 0.1) is 5.92 Å². The zero-order valence-electron chi connectivity index (χ0n) is 30.2. The van der Waals surface area contributed by atoms with E-state index >= 15 is 8.78 Å². The van der Waals surface area contributed by atoms with Gasteiger partial charge in [0.2, 0.25) is 23.5 Å². The number of hydrogen-bond donors (Lipinski definition) is 4. The van der Waals surface area contributed by atoms with E-state index in [1.54, 1.807) is 42.7 Å². The Morgan fingerprint density at radius 3 is 2.26 bits per heavy atom. The second-order valence-electron chi connectivity index (χ2n) is 13.7. The Hall–Kier alpha value is -4.56. The van der Waals surface area contributed by atoms with E-state index in [-0.39, 0.29) is 38.1 Å². The number of ether oxygens (including phenoxy) is 1. The minimum Gasteiger partial charge on any atom is -0.379 e. The van der Waals surface area contributed by atoms with Crippen LogP contribution in [0.2, 0.25) is 0 Å². The maximum Gasteiger partial charge on any atom is 0.383 e. The van der Waals surface area contributed by atoms with Gasteiger partial charge in [0.25, 0.3) is 5.91 Å².